The summed E-state index contributed by atoms with van der Waals surface area (Å²) in [5.74, 6) is 0. The second-order valence-corrected chi connectivity index (χ2v) is 6.79. The zero-order valence-electron chi connectivity index (χ0n) is 13.6. The summed E-state index contributed by atoms with van der Waals surface area (Å²) in [7, 11) is 4.54. The van der Waals surface area contributed by atoms with Crippen LogP contribution in [0.15, 0.2) is 18.2 Å². The van der Waals surface area contributed by atoms with E-state index >= 15 is 0 Å². The number of piperidine rings is 1. The lowest BCUT2D eigenvalue weighted by atomic mass is 9.99. The van der Waals surface area contributed by atoms with Crippen LogP contribution in [0, 0.1) is 0 Å². The summed E-state index contributed by atoms with van der Waals surface area (Å²) in [6, 6.07) is 7.78. The Morgan fingerprint density at radius 1 is 1.29 bits per heavy atom. The Morgan fingerprint density at radius 3 is 2.90 bits per heavy atom. The average Bonchev–Trinajstić information content (AvgIpc) is 2.53. The number of fused-ring (bicyclic) bond motifs is 1. The Bertz CT molecular complexity index is 464. The molecule has 1 saturated heterocycles. The quantitative estimate of drug-likeness (QED) is 0.918. The van der Waals surface area contributed by atoms with Gasteiger partial charge in [-0.2, -0.15) is 0 Å². The Morgan fingerprint density at radius 2 is 2.10 bits per heavy atom. The topological polar surface area (TPSA) is 18.5 Å². The molecule has 0 bridgehead atoms. The van der Waals surface area contributed by atoms with Gasteiger partial charge in [-0.05, 0) is 76.5 Å². The molecule has 3 heteroatoms. The molecule has 1 aromatic carbocycles. The summed E-state index contributed by atoms with van der Waals surface area (Å²) in [5.41, 5.74) is 4.37. The van der Waals surface area contributed by atoms with E-state index in [1.165, 1.54) is 68.6 Å². The van der Waals surface area contributed by atoms with Crippen molar-refractivity contribution in [2.45, 2.75) is 38.1 Å². The molecule has 0 saturated carbocycles. The lowest BCUT2D eigenvalue weighted by molar-refractivity contribution is 0.145. The van der Waals surface area contributed by atoms with E-state index in [1.807, 2.05) is 0 Å². The minimum atomic E-state index is 0.778. The van der Waals surface area contributed by atoms with Crippen LogP contribution < -0.4 is 5.32 Å². The fourth-order valence-corrected chi connectivity index (χ4v) is 3.61. The first-order valence-electron chi connectivity index (χ1n) is 8.47. The first-order valence-corrected chi connectivity index (χ1v) is 8.47. The van der Waals surface area contributed by atoms with Crippen molar-refractivity contribution in [1.82, 2.24) is 9.80 Å². The lowest BCUT2D eigenvalue weighted by Crippen LogP contribution is -2.42. The fourth-order valence-electron chi connectivity index (χ4n) is 3.61. The summed E-state index contributed by atoms with van der Waals surface area (Å²) >= 11 is 0. The molecule has 2 aliphatic heterocycles. The minimum Gasteiger partial charge on any atom is -0.385 e. The number of nitrogens with zero attached hydrogens (tertiary/aromatic N) is 2. The number of likely N-dealkylation sites (N-methyl/N-ethyl adjacent to an activating group) is 1. The third-order valence-corrected chi connectivity index (χ3v) is 5.17. The molecule has 0 unspecified atom stereocenters. The van der Waals surface area contributed by atoms with Crippen LogP contribution in [0.5, 0.6) is 0 Å². The number of benzene rings is 1. The molecule has 0 aliphatic carbocycles. The van der Waals surface area contributed by atoms with Crippen LogP contribution >= 0.6 is 0 Å². The Kier molecular flexibility index (Phi) is 4.81. The van der Waals surface area contributed by atoms with Gasteiger partial charge in [0.15, 0.2) is 0 Å². The summed E-state index contributed by atoms with van der Waals surface area (Å²) in [6.45, 7) is 4.81. The highest BCUT2D eigenvalue weighted by atomic mass is 15.2. The van der Waals surface area contributed by atoms with E-state index in [2.05, 4.69) is 47.4 Å². The van der Waals surface area contributed by atoms with E-state index in [0.717, 1.165) is 12.6 Å². The molecule has 1 N–H and O–H groups in total. The highest BCUT2D eigenvalue weighted by molar-refractivity contribution is 5.54. The van der Waals surface area contributed by atoms with Crippen LogP contribution in [0.4, 0.5) is 5.69 Å². The number of hydrogen-bond donors (Lipinski definition) is 1. The van der Waals surface area contributed by atoms with E-state index in [9.17, 15) is 0 Å². The van der Waals surface area contributed by atoms with E-state index in [0.29, 0.717) is 0 Å². The molecule has 0 aromatic heterocycles. The maximum Gasteiger partial charge on any atom is 0.0372 e. The van der Waals surface area contributed by atoms with Gasteiger partial charge in [0.05, 0.1) is 0 Å². The van der Waals surface area contributed by atoms with E-state index in [-0.39, 0.29) is 0 Å². The Labute approximate surface area is 129 Å². The first-order chi connectivity index (χ1) is 10.2. The number of aryl methyl sites for hydroxylation is 1. The minimum absolute atomic E-state index is 0.778. The summed E-state index contributed by atoms with van der Waals surface area (Å²) in [6.07, 6.45) is 6.32. The van der Waals surface area contributed by atoms with Crippen molar-refractivity contribution in [2.75, 3.05) is 45.6 Å². The highest BCUT2D eigenvalue weighted by Crippen LogP contribution is 2.23. The van der Waals surface area contributed by atoms with Crippen LogP contribution in [0.2, 0.25) is 0 Å². The average molecular weight is 287 g/mol. The normalized spacial score (nSPS) is 20.3. The van der Waals surface area contributed by atoms with Gasteiger partial charge in [0.25, 0.3) is 0 Å². The highest BCUT2D eigenvalue weighted by Gasteiger charge is 2.20. The second-order valence-electron chi connectivity index (χ2n) is 6.79. The van der Waals surface area contributed by atoms with Crippen molar-refractivity contribution in [3.05, 3.63) is 29.3 Å². The molecule has 0 radical (unpaired) electrons. The van der Waals surface area contributed by atoms with Gasteiger partial charge in [0, 0.05) is 24.8 Å². The number of hydrogen-bond acceptors (Lipinski definition) is 3. The van der Waals surface area contributed by atoms with Crippen LogP contribution in [-0.4, -0.2) is 56.1 Å². The van der Waals surface area contributed by atoms with E-state index in [4.69, 9.17) is 0 Å². The standard InChI is InChI=1S/C18H29N3/c1-20-11-8-17(9-12-20)21(2)13-7-15-5-6-18-16(14-15)4-3-10-19-18/h5-6,14,17,19H,3-4,7-13H2,1-2H3. The van der Waals surface area contributed by atoms with Gasteiger partial charge in [-0.25, -0.2) is 0 Å². The molecule has 1 fully saturated rings. The van der Waals surface area contributed by atoms with Crippen molar-refractivity contribution in [3.63, 3.8) is 0 Å². The molecule has 0 amide bonds. The van der Waals surface area contributed by atoms with Gasteiger partial charge in [-0.3, -0.25) is 0 Å². The predicted molar refractivity (Wildman–Crippen MR) is 90.1 cm³/mol. The van der Waals surface area contributed by atoms with Crippen LogP contribution in [0.1, 0.15) is 30.4 Å². The molecule has 1 aromatic rings. The summed E-state index contributed by atoms with van der Waals surface area (Å²) in [4.78, 5) is 5.02. The van der Waals surface area contributed by atoms with Crippen LogP contribution in [0.25, 0.3) is 0 Å². The fraction of sp³-hybridized carbons (Fsp3) is 0.667. The van der Waals surface area contributed by atoms with Crippen LogP contribution in [-0.2, 0) is 12.8 Å². The Hall–Kier alpha value is -1.06. The van der Waals surface area contributed by atoms with Crippen molar-refractivity contribution < 1.29 is 0 Å². The lowest BCUT2D eigenvalue weighted by Gasteiger charge is -2.35. The third-order valence-electron chi connectivity index (χ3n) is 5.17. The number of nitrogens with one attached hydrogen (secondary N) is 1. The maximum atomic E-state index is 3.50. The van der Waals surface area contributed by atoms with Crippen molar-refractivity contribution in [1.29, 1.82) is 0 Å². The van der Waals surface area contributed by atoms with Gasteiger partial charge in [-0.1, -0.05) is 12.1 Å². The molecule has 2 aliphatic rings. The Balaban J connectivity index is 1.52. The van der Waals surface area contributed by atoms with Crippen molar-refractivity contribution in [2.24, 2.45) is 0 Å². The van der Waals surface area contributed by atoms with Gasteiger partial charge >= 0.3 is 0 Å². The second kappa shape index (κ2) is 6.80. The molecule has 0 spiro atoms. The van der Waals surface area contributed by atoms with Crippen molar-refractivity contribution in [3.8, 4) is 0 Å². The molecule has 0 atom stereocenters. The summed E-state index contributed by atoms with van der Waals surface area (Å²) < 4.78 is 0. The van der Waals surface area contributed by atoms with Gasteiger partial charge in [-0.15, -0.1) is 0 Å². The predicted octanol–water partition coefficient (Wildman–Crippen LogP) is 2.61. The molecule has 2 heterocycles. The molecule has 21 heavy (non-hydrogen) atoms. The van der Waals surface area contributed by atoms with Gasteiger partial charge in [0.1, 0.15) is 0 Å². The smallest absolute Gasteiger partial charge is 0.0372 e. The number of anilines is 1. The number of rotatable bonds is 4. The molecule has 3 nitrogen and oxygen atoms in total. The SMILES string of the molecule is CN1CCC(N(C)CCc2ccc3c(c2)CCCN3)CC1. The molecular weight excluding hydrogens is 258 g/mol. The first kappa shape index (κ1) is 14.9. The van der Waals surface area contributed by atoms with Gasteiger partial charge < -0.3 is 15.1 Å². The monoisotopic (exact) mass is 287 g/mol. The zero-order chi connectivity index (χ0) is 14.7. The molecule has 116 valence electrons. The van der Waals surface area contributed by atoms with Gasteiger partial charge in [0.2, 0.25) is 0 Å². The van der Waals surface area contributed by atoms with E-state index in [1.54, 1.807) is 0 Å². The van der Waals surface area contributed by atoms with E-state index < -0.39 is 0 Å². The van der Waals surface area contributed by atoms with Crippen LogP contribution in [0.3, 0.4) is 0 Å². The van der Waals surface area contributed by atoms with Crippen molar-refractivity contribution >= 4 is 5.69 Å². The largest absolute Gasteiger partial charge is 0.385 e. The summed E-state index contributed by atoms with van der Waals surface area (Å²) in [5, 5.41) is 3.50. The third kappa shape index (κ3) is 3.78. The molecular formula is C18H29N3. The maximum absolute atomic E-state index is 3.50. The number of likely N-dealkylation sites (tertiary alicyclic amines) is 1. The zero-order valence-corrected chi connectivity index (χ0v) is 13.6. The molecule has 3 rings (SSSR count).